The van der Waals surface area contributed by atoms with Crippen molar-refractivity contribution < 1.29 is 13.5 Å². The number of pyridine rings is 1. The number of benzene rings is 1. The monoisotopic (exact) mass is 327 g/mol. The molecule has 120 valence electrons. The summed E-state index contributed by atoms with van der Waals surface area (Å²) >= 11 is 0. The van der Waals surface area contributed by atoms with Crippen LogP contribution < -0.4 is 10.1 Å². The summed E-state index contributed by atoms with van der Waals surface area (Å²) in [6, 6.07) is 5.35. The fraction of sp³-hybridized carbons (Fsp3) is 0.0625. The van der Waals surface area contributed by atoms with Crippen molar-refractivity contribution in [3.63, 3.8) is 0 Å². The van der Waals surface area contributed by atoms with Crippen LogP contribution in [0.2, 0.25) is 0 Å². The molecule has 0 spiro atoms. The van der Waals surface area contributed by atoms with Gasteiger partial charge in [0.05, 0.1) is 36.4 Å². The molecular formula is C16H11F2N5O. The molecule has 24 heavy (non-hydrogen) atoms. The van der Waals surface area contributed by atoms with E-state index in [-0.39, 0.29) is 11.4 Å². The Bertz CT molecular complexity index is 947. The highest BCUT2D eigenvalue weighted by Gasteiger charge is 2.23. The third kappa shape index (κ3) is 2.19. The van der Waals surface area contributed by atoms with E-state index < -0.39 is 11.6 Å². The average Bonchev–Trinajstić information content (AvgIpc) is 2.97. The number of rotatable bonds is 2. The number of ether oxygens (including phenoxy) is 1. The molecule has 1 aromatic carbocycles. The third-order valence-corrected chi connectivity index (χ3v) is 3.66. The second-order valence-electron chi connectivity index (χ2n) is 5.08. The molecule has 0 atom stereocenters. The lowest BCUT2D eigenvalue weighted by Crippen LogP contribution is -2.17. The lowest BCUT2D eigenvalue weighted by atomic mass is 10.1. The Labute approximate surface area is 135 Å². The Morgan fingerprint density at radius 3 is 2.67 bits per heavy atom. The Hall–Kier alpha value is -3.29. The number of aromatic nitrogens is 3. The Balaban J connectivity index is 1.94. The number of aromatic amines is 1. The number of aliphatic imine (C=N–C) groups is 1. The molecule has 2 aromatic heterocycles. The zero-order chi connectivity index (χ0) is 16.7. The van der Waals surface area contributed by atoms with E-state index in [9.17, 15) is 8.78 Å². The van der Waals surface area contributed by atoms with Gasteiger partial charge in [-0.2, -0.15) is 5.10 Å². The molecule has 0 radical (unpaired) electrons. The maximum absolute atomic E-state index is 14.1. The summed E-state index contributed by atoms with van der Waals surface area (Å²) in [6.07, 6.45) is 3.00. The first-order valence-corrected chi connectivity index (χ1v) is 7.05. The molecule has 8 heteroatoms. The van der Waals surface area contributed by atoms with E-state index in [1.807, 2.05) is 0 Å². The number of amidine groups is 1. The minimum Gasteiger partial charge on any atom is -0.481 e. The van der Waals surface area contributed by atoms with Crippen LogP contribution in [-0.2, 0) is 0 Å². The third-order valence-electron chi connectivity index (χ3n) is 3.66. The van der Waals surface area contributed by atoms with Gasteiger partial charge in [-0.3, -0.25) is 5.10 Å². The van der Waals surface area contributed by atoms with Crippen LogP contribution in [0.25, 0.3) is 11.3 Å². The van der Waals surface area contributed by atoms with E-state index in [2.05, 4.69) is 25.5 Å². The van der Waals surface area contributed by atoms with Crippen molar-refractivity contribution >= 4 is 17.2 Å². The quantitative estimate of drug-likeness (QED) is 0.757. The summed E-state index contributed by atoms with van der Waals surface area (Å²) in [4.78, 5) is 8.45. The first-order valence-electron chi connectivity index (χ1n) is 7.05. The number of anilines is 1. The maximum Gasteiger partial charge on any atom is 0.213 e. The van der Waals surface area contributed by atoms with E-state index in [0.29, 0.717) is 28.5 Å². The standard InChI is InChI=1S/C16H11F2N5O/c1-24-13-5-8-11(6-19-13)21-16(22-12-7-20-23-15(8)12)14-9(17)3-2-4-10(14)18/h2-7H,1H3,(H,20,23)(H,21,22). The number of nitrogens with zero attached hydrogens (tertiary/aromatic N) is 3. The summed E-state index contributed by atoms with van der Waals surface area (Å²) in [7, 11) is 1.50. The van der Waals surface area contributed by atoms with Crippen LogP contribution in [0, 0.1) is 11.6 Å². The van der Waals surface area contributed by atoms with E-state index in [1.54, 1.807) is 6.07 Å². The van der Waals surface area contributed by atoms with Crippen LogP contribution in [0.3, 0.4) is 0 Å². The second-order valence-corrected chi connectivity index (χ2v) is 5.08. The zero-order valence-corrected chi connectivity index (χ0v) is 12.5. The SMILES string of the molecule is COc1cc2c(cn1)NC(c1c(F)cccc1F)=Nc1cn[nH]c1-2. The van der Waals surface area contributed by atoms with Crippen LogP contribution in [-0.4, -0.2) is 28.1 Å². The number of fused-ring (bicyclic) bond motifs is 3. The van der Waals surface area contributed by atoms with Gasteiger partial charge >= 0.3 is 0 Å². The number of hydrogen-bond donors (Lipinski definition) is 2. The van der Waals surface area contributed by atoms with E-state index >= 15 is 0 Å². The topological polar surface area (TPSA) is 75.2 Å². The highest BCUT2D eigenvalue weighted by Crippen LogP contribution is 2.38. The van der Waals surface area contributed by atoms with Crippen molar-refractivity contribution in [2.75, 3.05) is 12.4 Å². The van der Waals surface area contributed by atoms with E-state index in [1.165, 1.54) is 37.7 Å². The number of nitrogens with one attached hydrogen (secondary N) is 2. The van der Waals surface area contributed by atoms with Gasteiger partial charge in [-0.1, -0.05) is 6.07 Å². The van der Waals surface area contributed by atoms with Gasteiger partial charge in [0.1, 0.15) is 23.2 Å². The van der Waals surface area contributed by atoms with Crippen molar-refractivity contribution in [1.29, 1.82) is 0 Å². The predicted molar refractivity (Wildman–Crippen MR) is 84.5 cm³/mol. The zero-order valence-electron chi connectivity index (χ0n) is 12.5. The van der Waals surface area contributed by atoms with Crippen molar-refractivity contribution in [3.05, 3.63) is 53.9 Å². The van der Waals surface area contributed by atoms with Crippen molar-refractivity contribution in [2.45, 2.75) is 0 Å². The molecule has 0 fully saturated rings. The van der Waals surface area contributed by atoms with Gasteiger partial charge in [0.25, 0.3) is 0 Å². The summed E-state index contributed by atoms with van der Waals surface area (Å²) in [5.41, 5.74) is 2.02. The van der Waals surface area contributed by atoms with Crippen LogP contribution in [0.5, 0.6) is 5.88 Å². The number of hydrogen-bond acceptors (Lipinski definition) is 5. The van der Waals surface area contributed by atoms with Crippen LogP contribution in [0.1, 0.15) is 5.56 Å². The highest BCUT2D eigenvalue weighted by molar-refractivity contribution is 6.13. The number of H-pyrrole nitrogens is 1. The fourth-order valence-electron chi connectivity index (χ4n) is 2.54. The first kappa shape index (κ1) is 14.3. The Morgan fingerprint density at radius 2 is 1.92 bits per heavy atom. The normalized spacial score (nSPS) is 12.5. The number of halogens is 2. The highest BCUT2D eigenvalue weighted by atomic mass is 19.1. The van der Waals surface area contributed by atoms with E-state index in [4.69, 9.17) is 4.74 Å². The molecule has 0 saturated heterocycles. The lowest BCUT2D eigenvalue weighted by Gasteiger charge is -2.12. The molecule has 0 saturated carbocycles. The smallest absolute Gasteiger partial charge is 0.213 e. The molecule has 4 rings (SSSR count). The molecule has 3 heterocycles. The van der Waals surface area contributed by atoms with Gasteiger partial charge in [0.2, 0.25) is 5.88 Å². The average molecular weight is 327 g/mol. The molecular weight excluding hydrogens is 316 g/mol. The summed E-state index contributed by atoms with van der Waals surface area (Å²) < 4.78 is 33.4. The molecule has 2 N–H and O–H groups in total. The van der Waals surface area contributed by atoms with Crippen LogP contribution in [0.15, 0.2) is 41.7 Å². The molecule has 0 unspecified atom stereocenters. The molecule has 0 amide bonds. The molecule has 0 aliphatic carbocycles. The van der Waals surface area contributed by atoms with Crippen molar-refractivity contribution in [2.24, 2.45) is 4.99 Å². The molecule has 1 aliphatic rings. The van der Waals surface area contributed by atoms with Gasteiger partial charge in [-0.05, 0) is 12.1 Å². The minimum absolute atomic E-state index is 0.0407. The van der Waals surface area contributed by atoms with Crippen LogP contribution >= 0.6 is 0 Å². The summed E-state index contributed by atoms with van der Waals surface area (Å²) in [6.45, 7) is 0. The lowest BCUT2D eigenvalue weighted by molar-refractivity contribution is 0.398. The fourth-order valence-corrected chi connectivity index (χ4v) is 2.54. The maximum atomic E-state index is 14.1. The largest absolute Gasteiger partial charge is 0.481 e. The molecule has 1 aliphatic heterocycles. The second kappa shape index (κ2) is 5.41. The first-order chi connectivity index (χ1) is 11.7. The predicted octanol–water partition coefficient (Wildman–Crippen LogP) is 3.26. The summed E-state index contributed by atoms with van der Waals surface area (Å²) in [5, 5.41) is 9.75. The van der Waals surface area contributed by atoms with Crippen molar-refractivity contribution in [1.82, 2.24) is 15.2 Å². The molecule has 6 nitrogen and oxygen atoms in total. The van der Waals surface area contributed by atoms with Gasteiger partial charge in [-0.25, -0.2) is 18.8 Å². The molecule has 3 aromatic rings. The Kier molecular flexibility index (Phi) is 3.23. The Morgan fingerprint density at radius 1 is 1.12 bits per heavy atom. The van der Waals surface area contributed by atoms with E-state index in [0.717, 1.165) is 0 Å². The van der Waals surface area contributed by atoms with Gasteiger partial charge < -0.3 is 10.1 Å². The molecule has 0 bridgehead atoms. The minimum atomic E-state index is -0.712. The number of methoxy groups -OCH3 is 1. The van der Waals surface area contributed by atoms with Gasteiger partial charge in [-0.15, -0.1) is 0 Å². The van der Waals surface area contributed by atoms with Gasteiger partial charge in [0.15, 0.2) is 0 Å². The summed E-state index contributed by atoms with van der Waals surface area (Å²) in [5.74, 6) is -0.983. The van der Waals surface area contributed by atoms with Gasteiger partial charge in [0, 0.05) is 11.6 Å². The van der Waals surface area contributed by atoms with Crippen LogP contribution in [0.4, 0.5) is 20.2 Å². The van der Waals surface area contributed by atoms with Crippen molar-refractivity contribution in [3.8, 4) is 17.1 Å².